The summed E-state index contributed by atoms with van der Waals surface area (Å²) in [4.78, 5) is 28.2. The maximum atomic E-state index is 13.5. The first-order valence-electron chi connectivity index (χ1n) is 13.9. The number of carbonyl (C=O) groups excluding carboxylic acids is 2. The molecule has 2 bridgehead atoms. The molecule has 0 radical (unpaired) electrons. The molecule has 1 fully saturated rings. The predicted octanol–water partition coefficient (Wildman–Crippen LogP) is 4.82. The van der Waals surface area contributed by atoms with E-state index in [-0.39, 0.29) is 29.9 Å². The fraction of sp³-hybridized carbons (Fsp3) is 0.375. The van der Waals surface area contributed by atoms with E-state index < -0.39 is 0 Å². The summed E-state index contributed by atoms with van der Waals surface area (Å²) in [5.74, 6) is 0.541. The van der Waals surface area contributed by atoms with Crippen molar-refractivity contribution >= 4 is 12.0 Å². The Balaban J connectivity index is 1.20. The van der Waals surface area contributed by atoms with Crippen molar-refractivity contribution in [1.29, 1.82) is 0 Å². The first-order chi connectivity index (χ1) is 19.1. The fourth-order valence-electron chi connectivity index (χ4n) is 6.19. The topological polar surface area (TPSA) is 79.9 Å². The number of ether oxygens (including phenoxy) is 2. The highest BCUT2D eigenvalue weighted by Gasteiger charge is 2.34. The Hall–Kier alpha value is -3.84. The molecule has 2 N–H and O–H groups in total. The third-order valence-electron chi connectivity index (χ3n) is 8.52. The highest BCUT2D eigenvalue weighted by Crippen LogP contribution is 2.44. The molecule has 0 unspecified atom stereocenters. The van der Waals surface area contributed by atoms with Gasteiger partial charge in [-0.25, -0.2) is 4.79 Å². The number of fused-ring (bicyclic) bond motifs is 5. The molecule has 7 heteroatoms. The van der Waals surface area contributed by atoms with Crippen LogP contribution in [0.15, 0.2) is 72.8 Å². The summed E-state index contributed by atoms with van der Waals surface area (Å²) in [6.07, 6.45) is 2.36. The molecule has 3 aliphatic rings. The first kappa shape index (κ1) is 25.4. The molecule has 2 amide bonds. The average molecular weight is 526 g/mol. The van der Waals surface area contributed by atoms with Gasteiger partial charge in [-0.15, -0.1) is 0 Å². The SMILES string of the molecule is O=C1NCC2(CCNCC2)CCN(C(=O)OCC2c3ccccc3-c3ccccc32)CCOc2cccc1c2. The molecule has 7 nitrogen and oxygen atoms in total. The van der Waals surface area contributed by atoms with Crippen molar-refractivity contribution in [2.24, 2.45) is 5.41 Å². The summed E-state index contributed by atoms with van der Waals surface area (Å²) in [5.41, 5.74) is 5.33. The van der Waals surface area contributed by atoms with E-state index in [2.05, 4.69) is 47.0 Å². The number of hydrogen-bond donors (Lipinski definition) is 2. The molecule has 202 valence electrons. The van der Waals surface area contributed by atoms with E-state index >= 15 is 0 Å². The van der Waals surface area contributed by atoms with Crippen molar-refractivity contribution < 1.29 is 19.1 Å². The molecule has 3 aromatic carbocycles. The van der Waals surface area contributed by atoms with Crippen LogP contribution in [0.4, 0.5) is 4.79 Å². The summed E-state index contributed by atoms with van der Waals surface area (Å²) >= 11 is 0. The molecular weight excluding hydrogens is 490 g/mol. The molecule has 3 aromatic rings. The molecule has 0 atom stereocenters. The lowest BCUT2D eigenvalue weighted by molar-refractivity contribution is 0.0782. The summed E-state index contributed by atoms with van der Waals surface area (Å²) in [5, 5.41) is 6.59. The molecule has 1 aliphatic carbocycles. The van der Waals surface area contributed by atoms with Gasteiger partial charge in [0.2, 0.25) is 0 Å². The summed E-state index contributed by atoms with van der Waals surface area (Å²) in [6, 6.07) is 24.0. The quantitative estimate of drug-likeness (QED) is 0.502. The van der Waals surface area contributed by atoms with Gasteiger partial charge in [-0.1, -0.05) is 54.6 Å². The lowest BCUT2D eigenvalue weighted by atomic mass is 9.76. The Bertz CT molecular complexity index is 1310. The Morgan fingerprint density at radius 1 is 0.923 bits per heavy atom. The Morgan fingerprint density at radius 2 is 1.64 bits per heavy atom. The highest BCUT2D eigenvalue weighted by atomic mass is 16.6. The third kappa shape index (κ3) is 5.36. The van der Waals surface area contributed by atoms with Gasteiger partial charge in [0.15, 0.2) is 0 Å². The maximum absolute atomic E-state index is 13.5. The second-order valence-electron chi connectivity index (χ2n) is 10.9. The highest BCUT2D eigenvalue weighted by molar-refractivity contribution is 5.94. The van der Waals surface area contributed by atoms with Gasteiger partial charge in [0.1, 0.15) is 19.0 Å². The minimum absolute atomic E-state index is 0.0160. The van der Waals surface area contributed by atoms with Crippen LogP contribution in [0.3, 0.4) is 0 Å². The Kier molecular flexibility index (Phi) is 7.24. The van der Waals surface area contributed by atoms with E-state index in [4.69, 9.17) is 9.47 Å². The van der Waals surface area contributed by atoms with Crippen molar-refractivity contribution in [1.82, 2.24) is 15.5 Å². The largest absolute Gasteiger partial charge is 0.492 e. The van der Waals surface area contributed by atoms with Crippen molar-refractivity contribution in [3.8, 4) is 16.9 Å². The number of nitrogens with zero attached hydrogens (tertiary/aromatic N) is 1. The number of nitrogens with one attached hydrogen (secondary N) is 2. The molecule has 39 heavy (non-hydrogen) atoms. The van der Waals surface area contributed by atoms with E-state index in [0.717, 1.165) is 32.4 Å². The van der Waals surface area contributed by atoms with Crippen molar-refractivity contribution in [3.63, 3.8) is 0 Å². The van der Waals surface area contributed by atoms with Crippen LogP contribution < -0.4 is 15.4 Å². The van der Waals surface area contributed by atoms with Crippen LogP contribution >= 0.6 is 0 Å². The van der Waals surface area contributed by atoms with Gasteiger partial charge in [-0.05, 0) is 78.2 Å². The molecule has 2 aliphatic heterocycles. The van der Waals surface area contributed by atoms with Crippen LogP contribution in [0.5, 0.6) is 5.75 Å². The van der Waals surface area contributed by atoms with Crippen LogP contribution in [0, 0.1) is 5.41 Å². The molecule has 2 heterocycles. The summed E-state index contributed by atoms with van der Waals surface area (Å²) in [6.45, 7) is 3.96. The summed E-state index contributed by atoms with van der Waals surface area (Å²) < 4.78 is 12.0. The van der Waals surface area contributed by atoms with E-state index in [1.165, 1.54) is 22.3 Å². The van der Waals surface area contributed by atoms with Gasteiger partial charge < -0.3 is 25.0 Å². The van der Waals surface area contributed by atoms with Crippen LogP contribution in [0.1, 0.15) is 46.7 Å². The predicted molar refractivity (Wildman–Crippen MR) is 150 cm³/mol. The van der Waals surface area contributed by atoms with Crippen LogP contribution in [0.25, 0.3) is 11.1 Å². The maximum Gasteiger partial charge on any atom is 0.409 e. The molecule has 1 saturated heterocycles. The monoisotopic (exact) mass is 525 g/mol. The van der Waals surface area contributed by atoms with E-state index in [1.807, 2.05) is 24.3 Å². The third-order valence-corrected chi connectivity index (χ3v) is 8.52. The van der Waals surface area contributed by atoms with Crippen molar-refractivity contribution in [3.05, 3.63) is 89.5 Å². The lowest BCUT2D eigenvalue weighted by Gasteiger charge is -2.39. The van der Waals surface area contributed by atoms with Gasteiger partial charge in [-0.3, -0.25) is 4.79 Å². The molecular formula is C32H35N3O4. The number of hydrogen-bond acceptors (Lipinski definition) is 5. The van der Waals surface area contributed by atoms with Gasteiger partial charge in [0.05, 0.1) is 6.54 Å². The van der Waals surface area contributed by atoms with Crippen LogP contribution in [-0.4, -0.2) is 62.8 Å². The molecule has 6 rings (SSSR count). The first-order valence-corrected chi connectivity index (χ1v) is 13.9. The van der Waals surface area contributed by atoms with Crippen LogP contribution in [0.2, 0.25) is 0 Å². The van der Waals surface area contributed by atoms with Gasteiger partial charge in [0.25, 0.3) is 5.91 Å². The van der Waals surface area contributed by atoms with Gasteiger partial charge in [0, 0.05) is 24.6 Å². The van der Waals surface area contributed by atoms with Crippen molar-refractivity contribution in [2.45, 2.75) is 25.2 Å². The second kappa shape index (κ2) is 11.1. The zero-order valence-electron chi connectivity index (χ0n) is 22.2. The standard InChI is InChI=1S/C32H35N3O4/c36-30-23-6-5-7-24(20-23)38-19-18-35(17-14-32(22-34-30)12-15-33-16-13-32)31(37)39-21-29-27-10-3-1-8-25(27)26-9-2-4-11-28(26)29/h1-11,20,29,33H,12-19,21-22H2,(H,34,36). The number of carbonyl (C=O) groups is 2. The smallest absolute Gasteiger partial charge is 0.409 e. The van der Waals surface area contributed by atoms with Gasteiger partial charge in [-0.2, -0.15) is 0 Å². The number of benzene rings is 3. The van der Waals surface area contributed by atoms with E-state index in [0.29, 0.717) is 37.6 Å². The zero-order valence-corrected chi connectivity index (χ0v) is 22.2. The number of piperidine rings is 1. The lowest BCUT2D eigenvalue weighted by Crippen LogP contribution is -2.47. The number of amides is 2. The summed E-state index contributed by atoms with van der Waals surface area (Å²) in [7, 11) is 0. The van der Waals surface area contributed by atoms with Crippen LogP contribution in [-0.2, 0) is 4.74 Å². The Labute approximate surface area is 229 Å². The van der Waals surface area contributed by atoms with Crippen molar-refractivity contribution in [2.75, 3.05) is 45.9 Å². The fourth-order valence-corrected chi connectivity index (χ4v) is 6.19. The minimum atomic E-state index is -0.322. The zero-order chi connectivity index (χ0) is 26.7. The van der Waals surface area contributed by atoms with E-state index in [1.54, 1.807) is 17.0 Å². The average Bonchev–Trinajstić information content (AvgIpc) is 3.30. The molecule has 0 aromatic heterocycles. The molecule has 1 spiro atoms. The number of rotatable bonds is 2. The normalized spacial score (nSPS) is 19.0. The van der Waals surface area contributed by atoms with Gasteiger partial charge >= 0.3 is 6.09 Å². The van der Waals surface area contributed by atoms with E-state index in [9.17, 15) is 9.59 Å². The Morgan fingerprint density at radius 3 is 2.38 bits per heavy atom. The second-order valence-corrected chi connectivity index (χ2v) is 10.9. The molecule has 0 saturated carbocycles. The minimum Gasteiger partial charge on any atom is -0.492 e.